The lowest BCUT2D eigenvalue weighted by molar-refractivity contribution is -0.143. The van der Waals surface area contributed by atoms with Gasteiger partial charge in [0.15, 0.2) is 0 Å². The molecule has 0 amide bonds. The summed E-state index contributed by atoms with van der Waals surface area (Å²) < 4.78 is 4.69. The fourth-order valence-electron chi connectivity index (χ4n) is 1.36. The van der Waals surface area contributed by atoms with Crippen LogP contribution in [0.15, 0.2) is 16.8 Å². The molecule has 0 saturated carbocycles. The second-order valence-electron chi connectivity index (χ2n) is 3.32. The number of carbonyl (C=O) groups is 1. The number of thiophene rings is 1. The minimum atomic E-state index is -0.178. The van der Waals surface area contributed by atoms with Crippen LogP contribution in [0.5, 0.6) is 0 Å². The molecule has 0 saturated heterocycles. The Morgan fingerprint density at radius 3 is 3.00 bits per heavy atom. The third-order valence-electron chi connectivity index (χ3n) is 2.28. The second kappa shape index (κ2) is 6.58. The number of rotatable bonds is 6. The lowest BCUT2D eigenvalue weighted by atomic mass is 10.2. The quantitative estimate of drug-likeness (QED) is 0.754. The van der Waals surface area contributed by atoms with E-state index in [0.717, 1.165) is 19.4 Å². The molecule has 0 aliphatic carbocycles. The summed E-state index contributed by atoms with van der Waals surface area (Å²) >= 11 is 1.70. The highest BCUT2D eigenvalue weighted by Crippen LogP contribution is 2.06. The van der Waals surface area contributed by atoms with Gasteiger partial charge in [-0.05, 0) is 41.8 Å². The van der Waals surface area contributed by atoms with E-state index in [-0.39, 0.29) is 12.0 Å². The molecule has 1 aromatic rings. The maximum Gasteiger partial charge on any atom is 0.322 e. The van der Waals surface area contributed by atoms with Crippen molar-refractivity contribution in [2.75, 3.05) is 13.7 Å². The van der Waals surface area contributed by atoms with Gasteiger partial charge in [0, 0.05) is 0 Å². The molecule has 0 radical (unpaired) electrons. The molecule has 0 aromatic carbocycles. The topological polar surface area (TPSA) is 38.3 Å². The summed E-state index contributed by atoms with van der Waals surface area (Å²) in [6.07, 6.45) is 1.72. The first-order valence-electron chi connectivity index (χ1n) is 5.10. The van der Waals surface area contributed by atoms with Crippen molar-refractivity contribution in [2.24, 2.45) is 0 Å². The van der Waals surface area contributed by atoms with Crippen molar-refractivity contribution < 1.29 is 9.53 Å². The zero-order chi connectivity index (χ0) is 11.1. The second-order valence-corrected chi connectivity index (χ2v) is 4.10. The van der Waals surface area contributed by atoms with Crippen LogP contribution >= 0.6 is 11.3 Å². The zero-order valence-corrected chi connectivity index (χ0v) is 9.97. The average molecular weight is 227 g/mol. The summed E-state index contributed by atoms with van der Waals surface area (Å²) in [5.74, 6) is -0.178. The van der Waals surface area contributed by atoms with Gasteiger partial charge < -0.3 is 10.1 Å². The Morgan fingerprint density at radius 1 is 1.67 bits per heavy atom. The van der Waals surface area contributed by atoms with Gasteiger partial charge in [-0.1, -0.05) is 6.92 Å². The molecule has 1 unspecified atom stereocenters. The molecule has 0 fully saturated rings. The van der Waals surface area contributed by atoms with E-state index in [1.54, 1.807) is 11.3 Å². The Kier molecular flexibility index (Phi) is 5.36. The summed E-state index contributed by atoms with van der Waals surface area (Å²) in [6, 6.07) is 1.93. The Morgan fingerprint density at radius 2 is 2.47 bits per heavy atom. The Balaban J connectivity index is 2.26. The maximum atomic E-state index is 11.3. The van der Waals surface area contributed by atoms with Crippen LogP contribution in [-0.2, 0) is 16.0 Å². The van der Waals surface area contributed by atoms with Gasteiger partial charge in [0.05, 0.1) is 7.11 Å². The predicted octanol–water partition coefficient (Wildman–Crippen LogP) is 1.83. The smallest absolute Gasteiger partial charge is 0.322 e. The van der Waals surface area contributed by atoms with Gasteiger partial charge in [0.1, 0.15) is 6.04 Å². The van der Waals surface area contributed by atoms with Crippen LogP contribution in [0.2, 0.25) is 0 Å². The van der Waals surface area contributed by atoms with Crippen LogP contribution in [0.25, 0.3) is 0 Å². The average Bonchev–Trinajstić information content (AvgIpc) is 2.76. The van der Waals surface area contributed by atoms with E-state index in [2.05, 4.69) is 22.1 Å². The summed E-state index contributed by atoms with van der Waals surface area (Å²) in [7, 11) is 1.42. The number of carbonyl (C=O) groups excluding carboxylic acids is 1. The van der Waals surface area contributed by atoms with Crippen molar-refractivity contribution in [1.82, 2.24) is 5.32 Å². The number of nitrogens with one attached hydrogen (secondary N) is 1. The SMILES string of the molecule is CCC(NCCc1ccsc1)C(=O)OC. The minimum Gasteiger partial charge on any atom is -0.468 e. The molecule has 15 heavy (non-hydrogen) atoms. The number of methoxy groups -OCH3 is 1. The molecule has 4 heteroatoms. The van der Waals surface area contributed by atoms with E-state index in [1.807, 2.05) is 6.92 Å². The molecule has 0 aliphatic rings. The van der Waals surface area contributed by atoms with E-state index in [0.29, 0.717) is 0 Å². The molecule has 1 N–H and O–H groups in total. The number of hydrogen-bond donors (Lipinski definition) is 1. The van der Waals surface area contributed by atoms with Crippen molar-refractivity contribution >= 4 is 17.3 Å². The Labute approximate surface area is 94.5 Å². The Bertz CT molecular complexity index is 285. The van der Waals surface area contributed by atoms with Gasteiger partial charge in [-0.2, -0.15) is 11.3 Å². The van der Waals surface area contributed by atoms with Crippen molar-refractivity contribution in [3.8, 4) is 0 Å². The molecule has 84 valence electrons. The van der Waals surface area contributed by atoms with Gasteiger partial charge in [0.2, 0.25) is 0 Å². The van der Waals surface area contributed by atoms with Crippen molar-refractivity contribution in [2.45, 2.75) is 25.8 Å². The fraction of sp³-hybridized carbons (Fsp3) is 0.545. The van der Waals surface area contributed by atoms with E-state index in [9.17, 15) is 4.79 Å². The van der Waals surface area contributed by atoms with Crippen LogP contribution in [0.1, 0.15) is 18.9 Å². The molecule has 1 atom stereocenters. The number of hydrogen-bond acceptors (Lipinski definition) is 4. The lowest BCUT2D eigenvalue weighted by Gasteiger charge is -2.13. The molecule has 0 spiro atoms. The van der Waals surface area contributed by atoms with Crippen molar-refractivity contribution in [1.29, 1.82) is 0 Å². The van der Waals surface area contributed by atoms with Crippen LogP contribution in [-0.4, -0.2) is 25.7 Å². The first-order valence-corrected chi connectivity index (χ1v) is 6.04. The normalized spacial score (nSPS) is 12.4. The van der Waals surface area contributed by atoms with Crippen molar-refractivity contribution in [3.05, 3.63) is 22.4 Å². The molecule has 1 aromatic heterocycles. The third-order valence-corrected chi connectivity index (χ3v) is 3.01. The van der Waals surface area contributed by atoms with E-state index in [1.165, 1.54) is 12.7 Å². The third kappa shape index (κ3) is 4.01. The van der Waals surface area contributed by atoms with Crippen molar-refractivity contribution in [3.63, 3.8) is 0 Å². The van der Waals surface area contributed by atoms with Crippen LogP contribution < -0.4 is 5.32 Å². The Hall–Kier alpha value is -0.870. The van der Waals surface area contributed by atoms with Gasteiger partial charge in [-0.3, -0.25) is 4.79 Å². The number of ether oxygens (including phenoxy) is 1. The molecule has 0 aliphatic heterocycles. The molecular weight excluding hydrogens is 210 g/mol. The monoisotopic (exact) mass is 227 g/mol. The highest BCUT2D eigenvalue weighted by molar-refractivity contribution is 7.07. The largest absolute Gasteiger partial charge is 0.468 e. The zero-order valence-electron chi connectivity index (χ0n) is 9.16. The van der Waals surface area contributed by atoms with E-state index in [4.69, 9.17) is 4.74 Å². The summed E-state index contributed by atoms with van der Waals surface area (Å²) in [5.41, 5.74) is 1.31. The summed E-state index contributed by atoms with van der Waals surface area (Å²) in [6.45, 7) is 2.78. The van der Waals surface area contributed by atoms with Gasteiger partial charge in [0.25, 0.3) is 0 Å². The van der Waals surface area contributed by atoms with Gasteiger partial charge in [-0.15, -0.1) is 0 Å². The first-order chi connectivity index (χ1) is 7.27. The predicted molar refractivity (Wildman–Crippen MR) is 62.1 cm³/mol. The van der Waals surface area contributed by atoms with Crippen LogP contribution in [0.3, 0.4) is 0 Å². The lowest BCUT2D eigenvalue weighted by Crippen LogP contribution is -2.38. The molecule has 0 bridgehead atoms. The van der Waals surface area contributed by atoms with Gasteiger partial charge in [-0.25, -0.2) is 0 Å². The van der Waals surface area contributed by atoms with Crippen LogP contribution in [0, 0.1) is 0 Å². The summed E-state index contributed by atoms with van der Waals surface area (Å²) in [5, 5.41) is 7.38. The summed E-state index contributed by atoms with van der Waals surface area (Å²) in [4.78, 5) is 11.3. The maximum absolute atomic E-state index is 11.3. The standard InChI is InChI=1S/C11H17NO2S/c1-3-10(11(13)14-2)12-6-4-9-5-7-15-8-9/h5,7-8,10,12H,3-4,6H2,1-2H3. The number of esters is 1. The van der Waals surface area contributed by atoms with Gasteiger partial charge >= 0.3 is 5.97 Å². The molecule has 3 nitrogen and oxygen atoms in total. The van der Waals surface area contributed by atoms with Crippen LogP contribution in [0.4, 0.5) is 0 Å². The molecule has 1 rings (SSSR count). The fourth-order valence-corrected chi connectivity index (χ4v) is 2.07. The van der Waals surface area contributed by atoms with E-state index >= 15 is 0 Å². The highest BCUT2D eigenvalue weighted by Gasteiger charge is 2.15. The molecular formula is C11H17NO2S. The first kappa shape index (κ1) is 12.2. The van der Waals surface area contributed by atoms with E-state index < -0.39 is 0 Å². The molecule has 1 heterocycles. The highest BCUT2D eigenvalue weighted by atomic mass is 32.1. The minimum absolute atomic E-state index is 0.173.